The Labute approximate surface area is 205 Å². The van der Waals surface area contributed by atoms with Crippen LogP contribution in [-0.4, -0.2) is 40.4 Å². The molecule has 0 aliphatic carbocycles. The second kappa shape index (κ2) is 11.9. The van der Waals surface area contributed by atoms with Crippen LogP contribution in [-0.2, 0) is 13.0 Å². The van der Waals surface area contributed by atoms with E-state index in [4.69, 9.17) is 5.73 Å². The van der Waals surface area contributed by atoms with Gasteiger partial charge in [-0.15, -0.1) is 0 Å². The summed E-state index contributed by atoms with van der Waals surface area (Å²) in [5.41, 5.74) is 8.92. The fourth-order valence-electron chi connectivity index (χ4n) is 4.25. The van der Waals surface area contributed by atoms with E-state index in [9.17, 15) is 10.1 Å². The number of nitrogens with one attached hydrogen (secondary N) is 2. The van der Waals surface area contributed by atoms with Crippen LogP contribution < -0.4 is 21.3 Å². The molecule has 0 radical (unpaired) electrons. The lowest BCUT2D eigenvalue weighted by Crippen LogP contribution is -2.35. The Bertz CT molecular complexity index is 1140. The molecular weight excluding hydrogens is 440 g/mol. The molecule has 1 aliphatic rings. The van der Waals surface area contributed by atoms with Gasteiger partial charge in [0.05, 0.1) is 11.4 Å². The lowest BCUT2D eigenvalue weighted by atomic mass is 10.1. The minimum absolute atomic E-state index is 0.239. The molecule has 182 valence electrons. The number of nitrogens with zero attached hydrogens (tertiary/aromatic N) is 5. The van der Waals surface area contributed by atoms with Crippen molar-refractivity contribution in [2.24, 2.45) is 0 Å². The van der Waals surface area contributed by atoms with Crippen molar-refractivity contribution in [1.82, 2.24) is 25.4 Å². The third kappa shape index (κ3) is 6.29. The number of carbonyl (C=O) groups excluding carboxylic acids is 1. The van der Waals surface area contributed by atoms with E-state index in [2.05, 4.69) is 31.7 Å². The van der Waals surface area contributed by atoms with Gasteiger partial charge in [-0.2, -0.15) is 10.4 Å². The summed E-state index contributed by atoms with van der Waals surface area (Å²) in [5, 5.41) is 19.8. The summed E-state index contributed by atoms with van der Waals surface area (Å²) in [7, 11) is 0. The predicted molar refractivity (Wildman–Crippen MR) is 136 cm³/mol. The maximum Gasteiger partial charge on any atom is 0.315 e. The summed E-state index contributed by atoms with van der Waals surface area (Å²) in [6.45, 7) is 2.99. The lowest BCUT2D eigenvalue weighted by Gasteiger charge is -2.21. The standard InChI is InChI=1S/C26H32N8O/c27-17-22-23(32-34(25(22)28)21-9-4-3-5-10-21)11-8-14-29-26(35)31-19-20-12-13-24(30-18-20)33-15-6-1-2-7-16-33/h3-5,9-10,12-13,18H,1-2,6-8,11,14-16,19,28H2,(H2,29,31,35). The monoisotopic (exact) mass is 472 g/mol. The Balaban J connectivity index is 1.21. The van der Waals surface area contributed by atoms with Crippen LogP contribution in [0.15, 0.2) is 48.7 Å². The van der Waals surface area contributed by atoms with E-state index < -0.39 is 0 Å². The van der Waals surface area contributed by atoms with Gasteiger partial charge in [0, 0.05) is 32.4 Å². The van der Waals surface area contributed by atoms with E-state index in [-0.39, 0.29) is 6.03 Å². The van der Waals surface area contributed by atoms with Crippen LogP contribution in [0.25, 0.3) is 5.69 Å². The van der Waals surface area contributed by atoms with Crippen molar-refractivity contribution < 1.29 is 4.79 Å². The highest BCUT2D eigenvalue weighted by Gasteiger charge is 2.16. The molecule has 1 fully saturated rings. The van der Waals surface area contributed by atoms with E-state index in [0.717, 1.165) is 30.2 Å². The number of nitrogens with two attached hydrogens (primary N) is 1. The summed E-state index contributed by atoms with van der Waals surface area (Å²) in [6, 6.07) is 15.4. The number of anilines is 2. The first kappa shape index (κ1) is 24.1. The SMILES string of the molecule is N#Cc1c(CCCNC(=O)NCc2ccc(N3CCCCCC3)nc2)nn(-c2ccccc2)c1N. The topological polar surface area (TPSA) is 125 Å². The molecule has 9 heteroatoms. The molecule has 2 amide bonds. The number of para-hydroxylation sites is 1. The molecule has 2 aromatic heterocycles. The maximum absolute atomic E-state index is 12.2. The quantitative estimate of drug-likeness (QED) is 0.431. The molecule has 0 bridgehead atoms. The number of hydrogen-bond acceptors (Lipinski definition) is 6. The fourth-order valence-corrected chi connectivity index (χ4v) is 4.25. The second-order valence-electron chi connectivity index (χ2n) is 8.71. The average Bonchev–Trinajstić information content (AvgIpc) is 3.04. The number of amides is 2. The van der Waals surface area contributed by atoms with Gasteiger partial charge in [-0.05, 0) is 49.4 Å². The number of pyridine rings is 1. The van der Waals surface area contributed by atoms with Gasteiger partial charge in [0.15, 0.2) is 0 Å². The number of carbonyl (C=O) groups is 1. The van der Waals surface area contributed by atoms with Gasteiger partial charge in [-0.3, -0.25) is 0 Å². The minimum atomic E-state index is -0.239. The number of hydrogen-bond donors (Lipinski definition) is 3. The zero-order chi connectivity index (χ0) is 24.5. The van der Waals surface area contributed by atoms with Crippen molar-refractivity contribution in [2.75, 3.05) is 30.3 Å². The third-order valence-electron chi connectivity index (χ3n) is 6.17. The third-order valence-corrected chi connectivity index (χ3v) is 6.17. The summed E-state index contributed by atoms with van der Waals surface area (Å²) < 4.78 is 1.58. The van der Waals surface area contributed by atoms with Gasteiger partial charge >= 0.3 is 6.03 Å². The van der Waals surface area contributed by atoms with E-state index in [0.29, 0.717) is 43.0 Å². The smallest absolute Gasteiger partial charge is 0.315 e. The Morgan fingerprint density at radius 2 is 1.83 bits per heavy atom. The van der Waals surface area contributed by atoms with Crippen molar-refractivity contribution in [3.05, 3.63) is 65.5 Å². The molecular formula is C26H32N8O. The molecule has 1 aromatic carbocycles. The molecule has 0 spiro atoms. The van der Waals surface area contributed by atoms with Gasteiger partial charge in [-0.1, -0.05) is 37.1 Å². The normalized spacial score (nSPS) is 13.6. The Morgan fingerprint density at radius 3 is 2.51 bits per heavy atom. The van der Waals surface area contributed by atoms with Gasteiger partial charge in [0.25, 0.3) is 0 Å². The Hall–Kier alpha value is -4.06. The van der Waals surface area contributed by atoms with Crippen molar-refractivity contribution >= 4 is 17.7 Å². The van der Waals surface area contributed by atoms with Crippen LogP contribution >= 0.6 is 0 Å². The summed E-state index contributed by atoms with van der Waals surface area (Å²) in [4.78, 5) is 19.1. The van der Waals surface area contributed by atoms with Gasteiger partial charge < -0.3 is 21.3 Å². The summed E-state index contributed by atoms with van der Waals surface area (Å²) >= 11 is 0. The molecule has 3 heterocycles. The molecule has 1 saturated heterocycles. The molecule has 0 atom stereocenters. The minimum Gasteiger partial charge on any atom is -0.382 e. The number of rotatable bonds is 8. The highest BCUT2D eigenvalue weighted by Crippen LogP contribution is 2.21. The molecule has 0 unspecified atom stereocenters. The maximum atomic E-state index is 12.2. The van der Waals surface area contributed by atoms with Crippen LogP contribution in [0.4, 0.5) is 16.4 Å². The van der Waals surface area contributed by atoms with Gasteiger partial charge in [0.2, 0.25) is 0 Å². The number of aromatic nitrogens is 3. The second-order valence-corrected chi connectivity index (χ2v) is 8.71. The van der Waals surface area contributed by atoms with E-state index in [1.807, 2.05) is 48.7 Å². The van der Waals surface area contributed by atoms with Crippen molar-refractivity contribution in [3.8, 4) is 11.8 Å². The van der Waals surface area contributed by atoms with Gasteiger partial charge in [-0.25, -0.2) is 14.5 Å². The van der Waals surface area contributed by atoms with Crippen LogP contribution in [0.3, 0.4) is 0 Å². The zero-order valence-corrected chi connectivity index (χ0v) is 19.9. The number of urea groups is 1. The van der Waals surface area contributed by atoms with E-state index >= 15 is 0 Å². The van der Waals surface area contributed by atoms with Crippen LogP contribution in [0.1, 0.15) is 48.9 Å². The number of benzene rings is 1. The largest absolute Gasteiger partial charge is 0.382 e. The molecule has 4 rings (SSSR count). The summed E-state index contributed by atoms with van der Waals surface area (Å²) in [5.74, 6) is 1.34. The molecule has 4 N–H and O–H groups in total. The first-order valence-corrected chi connectivity index (χ1v) is 12.2. The van der Waals surface area contributed by atoms with E-state index in [1.54, 1.807) is 4.68 Å². The van der Waals surface area contributed by atoms with Gasteiger partial charge in [0.1, 0.15) is 23.3 Å². The van der Waals surface area contributed by atoms with Crippen molar-refractivity contribution in [1.29, 1.82) is 5.26 Å². The highest BCUT2D eigenvalue weighted by atomic mass is 16.2. The lowest BCUT2D eigenvalue weighted by molar-refractivity contribution is 0.240. The Morgan fingerprint density at radius 1 is 1.06 bits per heavy atom. The van der Waals surface area contributed by atoms with Crippen LogP contribution in [0.2, 0.25) is 0 Å². The Kier molecular flexibility index (Phi) is 8.17. The summed E-state index contributed by atoms with van der Waals surface area (Å²) in [6.07, 6.45) is 8.01. The molecule has 35 heavy (non-hydrogen) atoms. The first-order valence-electron chi connectivity index (χ1n) is 12.2. The molecule has 1 aliphatic heterocycles. The van der Waals surface area contributed by atoms with Crippen LogP contribution in [0.5, 0.6) is 0 Å². The highest BCUT2D eigenvalue weighted by molar-refractivity contribution is 5.73. The zero-order valence-electron chi connectivity index (χ0n) is 19.9. The first-order chi connectivity index (χ1) is 17.2. The van der Waals surface area contributed by atoms with E-state index in [1.165, 1.54) is 25.7 Å². The molecule has 0 saturated carbocycles. The van der Waals surface area contributed by atoms with Crippen molar-refractivity contribution in [3.63, 3.8) is 0 Å². The number of nitriles is 1. The molecule has 9 nitrogen and oxygen atoms in total. The van der Waals surface area contributed by atoms with Crippen LogP contribution in [0, 0.1) is 11.3 Å². The number of aryl methyl sites for hydroxylation is 1. The predicted octanol–water partition coefficient (Wildman–Crippen LogP) is 3.53. The molecule has 3 aromatic rings. The average molecular weight is 473 g/mol. The fraction of sp³-hybridized carbons (Fsp3) is 0.385. The van der Waals surface area contributed by atoms with Crippen molar-refractivity contribution in [2.45, 2.75) is 45.1 Å². The number of nitrogen functional groups attached to an aromatic ring is 1.